The molecule has 0 atom stereocenters. The van der Waals surface area contributed by atoms with Gasteiger partial charge in [0.15, 0.2) is 0 Å². The molecular weight excluding hydrogens is 427 g/mol. The number of amides is 1. The fraction of sp³-hybridized carbons (Fsp3) is 0.368. The molecule has 1 amide bonds. The normalized spacial score (nSPS) is 15.2. The van der Waals surface area contributed by atoms with Gasteiger partial charge in [-0.15, -0.1) is 0 Å². The largest absolute Gasteiger partial charge is 0.397 e. The van der Waals surface area contributed by atoms with Crippen molar-refractivity contribution in [1.29, 1.82) is 5.26 Å². The first-order valence-electron chi connectivity index (χ1n) is 9.54. The Balaban J connectivity index is 1.51. The van der Waals surface area contributed by atoms with E-state index in [1.54, 1.807) is 48.6 Å². The first-order valence-corrected chi connectivity index (χ1v) is 9.54. The number of nitrogens with one attached hydrogen (secondary N) is 1. The Labute approximate surface area is 180 Å². The van der Waals surface area contributed by atoms with Gasteiger partial charge < -0.3 is 10.2 Å². The zero-order valence-electron chi connectivity index (χ0n) is 16.9. The molecule has 32 heavy (non-hydrogen) atoms. The molecule has 1 aliphatic heterocycles. The van der Waals surface area contributed by atoms with Crippen molar-refractivity contribution in [3.63, 3.8) is 0 Å². The SMILES string of the molecule is Cn1cc(Nc2nccc(-c3ccn(C4(CC#N)CN(C(=O)CC(F)(F)F)C4)n3)n2)cn1. The average Bonchev–Trinajstić information content (AvgIpc) is 3.33. The van der Waals surface area contributed by atoms with Gasteiger partial charge in [-0.25, -0.2) is 9.97 Å². The van der Waals surface area contributed by atoms with E-state index in [4.69, 9.17) is 0 Å². The Hall–Kier alpha value is -3.95. The quantitative estimate of drug-likeness (QED) is 0.618. The van der Waals surface area contributed by atoms with Crippen molar-refractivity contribution < 1.29 is 18.0 Å². The second-order valence-corrected chi connectivity index (χ2v) is 7.54. The highest BCUT2D eigenvalue weighted by molar-refractivity contribution is 5.78. The molecule has 4 rings (SSSR count). The van der Waals surface area contributed by atoms with Crippen LogP contribution in [0.3, 0.4) is 0 Å². The minimum Gasteiger partial charge on any atom is -0.337 e. The van der Waals surface area contributed by atoms with Crippen molar-refractivity contribution >= 4 is 17.5 Å². The molecule has 166 valence electrons. The number of aryl methyl sites for hydroxylation is 1. The van der Waals surface area contributed by atoms with Crippen molar-refractivity contribution in [1.82, 2.24) is 34.4 Å². The highest BCUT2D eigenvalue weighted by Gasteiger charge is 2.49. The number of halogens is 3. The third kappa shape index (κ3) is 4.39. The van der Waals surface area contributed by atoms with Crippen LogP contribution in [0.25, 0.3) is 11.4 Å². The van der Waals surface area contributed by atoms with E-state index in [1.807, 2.05) is 6.07 Å². The number of alkyl halides is 3. The summed E-state index contributed by atoms with van der Waals surface area (Å²) in [7, 11) is 1.78. The Morgan fingerprint density at radius 3 is 2.75 bits per heavy atom. The van der Waals surface area contributed by atoms with E-state index in [1.165, 1.54) is 4.68 Å². The highest BCUT2D eigenvalue weighted by atomic mass is 19.4. The molecule has 0 unspecified atom stereocenters. The summed E-state index contributed by atoms with van der Waals surface area (Å²) in [5.41, 5.74) is 0.847. The minimum absolute atomic E-state index is 0.00149. The minimum atomic E-state index is -4.57. The van der Waals surface area contributed by atoms with Crippen molar-refractivity contribution in [3.05, 3.63) is 36.9 Å². The fourth-order valence-electron chi connectivity index (χ4n) is 3.51. The first-order chi connectivity index (χ1) is 15.2. The Kier molecular flexibility index (Phi) is 5.29. The summed E-state index contributed by atoms with van der Waals surface area (Å²) in [6.07, 6.45) is 0.491. The summed E-state index contributed by atoms with van der Waals surface area (Å²) < 4.78 is 40.7. The Morgan fingerprint density at radius 2 is 2.09 bits per heavy atom. The maximum absolute atomic E-state index is 12.5. The molecule has 1 N–H and O–H groups in total. The zero-order valence-corrected chi connectivity index (χ0v) is 16.9. The van der Waals surface area contributed by atoms with E-state index < -0.39 is 24.0 Å². The van der Waals surface area contributed by atoms with Crippen molar-refractivity contribution in [2.75, 3.05) is 18.4 Å². The van der Waals surface area contributed by atoms with E-state index in [2.05, 4.69) is 25.5 Å². The van der Waals surface area contributed by atoms with Gasteiger partial charge >= 0.3 is 6.18 Å². The lowest BCUT2D eigenvalue weighted by atomic mass is 9.86. The molecule has 13 heteroatoms. The predicted octanol–water partition coefficient (Wildman–Crippen LogP) is 2.22. The Morgan fingerprint density at radius 1 is 1.31 bits per heavy atom. The smallest absolute Gasteiger partial charge is 0.337 e. The second kappa shape index (κ2) is 7.95. The summed E-state index contributed by atoms with van der Waals surface area (Å²) in [6, 6.07) is 5.39. The topological polar surface area (TPSA) is 118 Å². The molecule has 0 aliphatic carbocycles. The molecule has 10 nitrogen and oxygen atoms in total. The summed E-state index contributed by atoms with van der Waals surface area (Å²) >= 11 is 0. The number of likely N-dealkylation sites (tertiary alicyclic amines) is 1. The van der Waals surface area contributed by atoms with Gasteiger partial charge in [0.25, 0.3) is 0 Å². The standard InChI is InChI=1S/C19H18F3N9O/c1-29-10-13(9-25-29)26-17-24-6-2-14(27-17)15-3-7-31(28-15)18(4-5-23)11-30(12-18)16(32)8-19(20,21)22/h2-3,6-7,9-10H,4,8,11-12H2,1H3,(H,24,26,27). The van der Waals surface area contributed by atoms with Crippen LogP contribution in [0.4, 0.5) is 24.8 Å². The third-order valence-electron chi connectivity index (χ3n) is 5.04. The molecule has 3 aromatic rings. The van der Waals surface area contributed by atoms with Gasteiger partial charge in [0.1, 0.15) is 17.7 Å². The molecule has 1 fully saturated rings. The Bertz CT molecular complexity index is 1170. The maximum atomic E-state index is 12.5. The summed E-state index contributed by atoms with van der Waals surface area (Å²) in [5.74, 6) is -0.676. The van der Waals surface area contributed by atoms with Gasteiger partial charge in [0, 0.05) is 38.7 Å². The van der Waals surface area contributed by atoms with Gasteiger partial charge in [-0.2, -0.15) is 28.6 Å². The number of nitriles is 1. The molecule has 0 saturated carbocycles. The van der Waals surface area contributed by atoms with Crippen molar-refractivity contribution in [2.24, 2.45) is 7.05 Å². The number of nitrogens with zero attached hydrogens (tertiary/aromatic N) is 8. The average molecular weight is 445 g/mol. The number of aromatic nitrogens is 6. The third-order valence-corrected chi connectivity index (χ3v) is 5.04. The number of carbonyl (C=O) groups excluding carboxylic acids is 1. The summed E-state index contributed by atoms with van der Waals surface area (Å²) in [5, 5.41) is 20.8. The van der Waals surface area contributed by atoms with Crippen LogP contribution in [-0.2, 0) is 17.4 Å². The lowest BCUT2D eigenvalue weighted by Crippen LogP contribution is -2.64. The lowest BCUT2D eigenvalue weighted by Gasteiger charge is -2.49. The van der Waals surface area contributed by atoms with Crippen LogP contribution in [0.5, 0.6) is 0 Å². The first kappa shape index (κ1) is 21.3. The maximum Gasteiger partial charge on any atom is 0.397 e. The van der Waals surface area contributed by atoms with E-state index >= 15 is 0 Å². The van der Waals surface area contributed by atoms with Crippen LogP contribution in [0.15, 0.2) is 36.9 Å². The predicted molar refractivity (Wildman–Crippen MR) is 105 cm³/mol. The van der Waals surface area contributed by atoms with Crippen LogP contribution in [-0.4, -0.2) is 59.6 Å². The number of carbonyl (C=O) groups is 1. The van der Waals surface area contributed by atoms with Gasteiger partial charge in [0.05, 0.1) is 30.1 Å². The van der Waals surface area contributed by atoms with Crippen LogP contribution in [0, 0.1) is 11.3 Å². The number of anilines is 2. The number of rotatable bonds is 6. The molecule has 3 aromatic heterocycles. The molecular formula is C19H18F3N9O. The van der Waals surface area contributed by atoms with Gasteiger partial charge in [-0.3, -0.25) is 14.2 Å². The van der Waals surface area contributed by atoms with E-state index in [9.17, 15) is 23.2 Å². The monoisotopic (exact) mass is 445 g/mol. The van der Waals surface area contributed by atoms with Crippen molar-refractivity contribution in [2.45, 2.75) is 24.6 Å². The number of hydrogen-bond donors (Lipinski definition) is 1. The summed E-state index contributed by atoms with van der Waals surface area (Å²) in [6.45, 7) is -0.0393. The van der Waals surface area contributed by atoms with Crippen LogP contribution in [0.1, 0.15) is 12.8 Å². The second-order valence-electron chi connectivity index (χ2n) is 7.54. The van der Waals surface area contributed by atoms with Gasteiger partial charge in [-0.1, -0.05) is 0 Å². The van der Waals surface area contributed by atoms with Gasteiger partial charge in [0.2, 0.25) is 11.9 Å². The molecule has 0 aromatic carbocycles. The molecule has 1 saturated heterocycles. The van der Waals surface area contributed by atoms with Crippen LogP contribution < -0.4 is 5.32 Å². The molecule has 1 aliphatic rings. The van der Waals surface area contributed by atoms with Crippen molar-refractivity contribution in [3.8, 4) is 17.5 Å². The van der Waals surface area contributed by atoms with E-state index in [-0.39, 0.29) is 19.5 Å². The molecule has 0 radical (unpaired) electrons. The van der Waals surface area contributed by atoms with Crippen LogP contribution in [0.2, 0.25) is 0 Å². The highest BCUT2D eigenvalue weighted by Crippen LogP contribution is 2.34. The summed E-state index contributed by atoms with van der Waals surface area (Å²) in [4.78, 5) is 21.5. The zero-order chi connectivity index (χ0) is 22.9. The van der Waals surface area contributed by atoms with Gasteiger partial charge in [-0.05, 0) is 12.1 Å². The number of hydrogen-bond acceptors (Lipinski definition) is 7. The molecule has 0 spiro atoms. The molecule has 4 heterocycles. The fourth-order valence-corrected chi connectivity index (χ4v) is 3.51. The van der Waals surface area contributed by atoms with E-state index in [0.717, 1.165) is 4.90 Å². The molecule has 0 bridgehead atoms. The lowest BCUT2D eigenvalue weighted by molar-refractivity contribution is -0.169. The van der Waals surface area contributed by atoms with Crippen LogP contribution >= 0.6 is 0 Å². The van der Waals surface area contributed by atoms with E-state index in [0.29, 0.717) is 23.0 Å².